The quantitative estimate of drug-likeness (QED) is 0.516. The van der Waals surface area contributed by atoms with E-state index in [1.807, 2.05) is 6.92 Å². The maximum Gasteiger partial charge on any atom is 0.291 e. The third-order valence-corrected chi connectivity index (χ3v) is 4.65. The third-order valence-electron chi connectivity index (χ3n) is 3.18. The molecule has 2 rings (SSSR count). The van der Waals surface area contributed by atoms with Crippen LogP contribution >= 0.6 is 15.9 Å². The molecule has 18 heavy (non-hydrogen) atoms. The van der Waals surface area contributed by atoms with Crippen molar-refractivity contribution in [1.29, 1.82) is 0 Å². The molecule has 0 spiro atoms. The highest BCUT2D eigenvalue weighted by molar-refractivity contribution is 9.09. The van der Waals surface area contributed by atoms with Crippen LogP contribution in [-0.2, 0) is 0 Å². The number of halogens is 1. The van der Waals surface area contributed by atoms with E-state index in [1.165, 1.54) is 12.4 Å². The van der Waals surface area contributed by atoms with E-state index in [0.29, 0.717) is 12.0 Å². The van der Waals surface area contributed by atoms with Gasteiger partial charge in [-0.2, -0.15) is 0 Å². The van der Waals surface area contributed by atoms with Crippen molar-refractivity contribution in [2.45, 2.75) is 24.1 Å². The topological polar surface area (TPSA) is 76.3 Å². The monoisotopic (exact) mass is 312 g/mol. The Morgan fingerprint density at radius 1 is 1.61 bits per heavy atom. The van der Waals surface area contributed by atoms with E-state index in [0.717, 1.165) is 0 Å². The molecule has 0 saturated carbocycles. The summed E-state index contributed by atoms with van der Waals surface area (Å²) < 4.78 is 0. The summed E-state index contributed by atoms with van der Waals surface area (Å²) >= 11 is 3.57. The smallest absolute Gasteiger partial charge is 0.291 e. The van der Waals surface area contributed by atoms with Crippen molar-refractivity contribution in [3.8, 4) is 0 Å². The summed E-state index contributed by atoms with van der Waals surface area (Å²) in [6.07, 6.45) is 5.05. The normalized spacial score (nSPS) is 27.7. The van der Waals surface area contributed by atoms with Crippen LogP contribution in [-0.4, -0.2) is 19.8 Å². The first-order valence-corrected chi connectivity index (χ1v) is 6.54. The molecule has 96 valence electrons. The summed E-state index contributed by atoms with van der Waals surface area (Å²) in [4.78, 5) is 14.4. The Morgan fingerprint density at radius 3 is 3.00 bits per heavy atom. The minimum absolute atomic E-state index is 0.00917. The molecule has 1 N–H and O–H groups in total. The zero-order valence-electron chi connectivity index (χ0n) is 9.78. The van der Waals surface area contributed by atoms with Crippen molar-refractivity contribution < 1.29 is 10.0 Å². The summed E-state index contributed by atoms with van der Waals surface area (Å²) in [5, 5.41) is 20.7. The van der Waals surface area contributed by atoms with Crippen LogP contribution in [0.5, 0.6) is 0 Å². The van der Waals surface area contributed by atoms with Gasteiger partial charge in [0.1, 0.15) is 6.20 Å². The van der Waals surface area contributed by atoms with Crippen LogP contribution in [0.1, 0.15) is 24.8 Å². The van der Waals surface area contributed by atoms with Gasteiger partial charge in [0.05, 0.1) is 10.7 Å². The number of nitro groups is 1. The van der Waals surface area contributed by atoms with Crippen LogP contribution in [0.4, 0.5) is 5.69 Å². The molecular weight excluding hydrogens is 300 g/mol. The van der Waals surface area contributed by atoms with Crippen molar-refractivity contribution in [2.24, 2.45) is 5.92 Å². The molecule has 0 aliphatic heterocycles. The van der Waals surface area contributed by atoms with Crippen LogP contribution in [0.3, 0.4) is 0 Å². The predicted molar refractivity (Wildman–Crippen MR) is 70.8 cm³/mol. The van der Waals surface area contributed by atoms with Crippen molar-refractivity contribution in [2.75, 3.05) is 0 Å². The second kappa shape index (κ2) is 5.06. The molecule has 0 aromatic carbocycles. The zero-order valence-corrected chi connectivity index (χ0v) is 11.4. The van der Waals surface area contributed by atoms with Gasteiger partial charge in [-0.05, 0) is 18.1 Å². The molecule has 0 bridgehead atoms. The van der Waals surface area contributed by atoms with Crippen molar-refractivity contribution in [3.63, 3.8) is 0 Å². The minimum Gasteiger partial charge on any atom is -0.513 e. The summed E-state index contributed by atoms with van der Waals surface area (Å²) in [5.74, 6) is 0.291. The van der Waals surface area contributed by atoms with Gasteiger partial charge >= 0.3 is 0 Å². The lowest BCUT2D eigenvalue weighted by Gasteiger charge is -2.29. The van der Waals surface area contributed by atoms with E-state index < -0.39 is 4.92 Å². The first-order valence-electron chi connectivity index (χ1n) is 5.62. The van der Waals surface area contributed by atoms with Crippen LogP contribution in [0.25, 0.3) is 0 Å². The number of allylic oxidation sites excluding steroid dienone is 2. The average Bonchev–Trinajstić information content (AvgIpc) is 2.33. The van der Waals surface area contributed by atoms with E-state index in [1.54, 1.807) is 12.1 Å². The number of rotatable bonds is 2. The van der Waals surface area contributed by atoms with Crippen LogP contribution < -0.4 is 0 Å². The molecular formula is C12H13BrN2O3. The molecule has 3 atom stereocenters. The number of aromatic nitrogens is 1. The molecule has 3 unspecified atom stereocenters. The molecule has 0 radical (unpaired) electrons. The molecule has 0 amide bonds. The van der Waals surface area contributed by atoms with E-state index in [-0.39, 0.29) is 28.1 Å². The number of nitrogens with zero attached hydrogens (tertiary/aromatic N) is 2. The van der Waals surface area contributed by atoms with Gasteiger partial charge in [-0.25, -0.2) is 0 Å². The summed E-state index contributed by atoms with van der Waals surface area (Å²) in [6.45, 7) is 2.00. The van der Waals surface area contributed by atoms with Gasteiger partial charge in [0.25, 0.3) is 5.69 Å². The SMILES string of the molecule is CC1CC(O)=CC(c2ccncc2[N+](=O)[O-])C1Br. The van der Waals surface area contributed by atoms with Crippen LogP contribution in [0.15, 0.2) is 30.3 Å². The van der Waals surface area contributed by atoms with E-state index >= 15 is 0 Å². The Kier molecular flexibility index (Phi) is 3.65. The van der Waals surface area contributed by atoms with Gasteiger partial charge in [0, 0.05) is 28.9 Å². The summed E-state index contributed by atoms with van der Waals surface area (Å²) in [7, 11) is 0. The highest BCUT2D eigenvalue weighted by atomic mass is 79.9. The van der Waals surface area contributed by atoms with E-state index in [9.17, 15) is 15.2 Å². The number of hydrogen-bond donors (Lipinski definition) is 1. The molecule has 5 nitrogen and oxygen atoms in total. The molecule has 6 heteroatoms. The Labute approximate surface area is 113 Å². The Hall–Kier alpha value is -1.43. The fourth-order valence-electron chi connectivity index (χ4n) is 2.26. The fourth-order valence-corrected chi connectivity index (χ4v) is 2.88. The minimum atomic E-state index is -0.438. The summed E-state index contributed by atoms with van der Waals surface area (Å²) in [6, 6.07) is 1.64. The first-order chi connectivity index (χ1) is 8.50. The fraction of sp³-hybridized carbons (Fsp3) is 0.417. The predicted octanol–water partition coefficient (Wildman–Crippen LogP) is 3.32. The van der Waals surface area contributed by atoms with Gasteiger partial charge in [0.15, 0.2) is 0 Å². The standard InChI is InChI=1S/C12H13BrN2O3/c1-7-4-8(16)5-10(12(7)13)9-2-3-14-6-11(9)15(17)18/h2-3,5-7,10,12,16H,4H2,1H3. The average molecular weight is 313 g/mol. The van der Waals surface area contributed by atoms with Crippen LogP contribution in [0.2, 0.25) is 0 Å². The van der Waals surface area contributed by atoms with Gasteiger partial charge in [-0.1, -0.05) is 22.9 Å². The van der Waals surface area contributed by atoms with Gasteiger partial charge in [0.2, 0.25) is 0 Å². The van der Waals surface area contributed by atoms with Crippen molar-refractivity contribution in [1.82, 2.24) is 4.98 Å². The second-order valence-electron chi connectivity index (χ2n) is 4.50. The zero-order chi connectivity index (χ0) is 13.3. The number of aliphatic hydroxyl groups is 1. The molecule has 1 aliphatic rings. The molecule has 1 aromatic rings. The number of hydrogen-bond acceptors (Lipinski definition) is 4. The molecule has 0 fully saturated rings. The lowest BCUT2D eigenvalue weighted by molar-refractivity contribution is -0.386. The maximum atomic E-state index is 11.0. The highest BCUT2D eigenvalue weighted by Gasteiger charge is 2.33. The molecule has 0 saturated heterocycles. The van der Waals surface area contributed by atoms with E-state index in [2.05, 4.69) is 20.9 Å². The number of aliphatic hydroxyl groups excluding tert-OH is 1. The highest BCUT2D eigenvalue weighted by Crippen LogP contribution is 2.41. The largest absolute Gasteiger partial charge is 0.513 e. The Morgan fingerprint density at radius 2 is 2.33 bits per heavy atom. The molecule has 1 heterocycles. The number of alkyl halides is 1. The summed E-state index contributed by atoms with van der Waals surface area (Å²) in [5.41, 5.74) is 0.570. The second-order valence-corrected chi connectivity index (χ2v) is 5.56. The van der Waals surface area contributed by atoms with E-state index in [4.69, 9.17) is 0 Å². The van der Waals surface area contributed by atoms with Crippen LogP contribution in [0, 0.1) is 16.0 Å². The molecule has 1 aromatic heterocycles. The molecule has 1 aliphatic carbocycles. The Balaban J connectivity index is 2.48. The van der Waals surface area contributed by atoms with Gasteiger partial charge in [-0.15, -0.1) is 0 Å². The van der Waals surface area contributed by atoms with Gasteiger partial charge in [-0.3, -0.25) is 15.1 Å². The third kappa shape index (κ3) is 2.38. The lowest BCUT2D eigenvalue weighted by atomic mass is 9.82. The lowest BCUT2D eigenvalue weighted by Crippen LogP contribution is -2.24. The van der Waals surface area contributed by atoms with Gasteiger partial charge < -0.3 is 5.11 Å². The van der Waals surface area contributed by atoms with Crippen molar-refractivity contribution >= 4 is 21.6 Å². The first kappa shape index (κ1) is 13.0. The Bertz CT molecular complexity index is 504. The maximum absolute atomic E-state index is 11.0. The number of pyridine rings is 1. The van der Waals surface area contributed by atoms with Crippen molar-refractivity contribution in [3.05, 3.63) is 46.0 Å².